The number of fused-ring (bicyclic) bond motifs is 1. The minimum absolute atomic E-state index is 0. The lowest BCUT2D eigenvalue weighted by Crippen LogP contribution is -2.22. The number of rotatable bonds is 7. The minimum atomic E-state index is -3.64. The third kappa shape index (κ3) is 5.02. The van der Waals surface area contributed by atoms with Crippen LogP contribution in [-0.4, -0.2) is 62.8 Å². The van der Waals surface area contributed by atoms with Crippen molar-refractivity contribution in [1.29, 1.82) is 0 Å². The first-order valence-electron chi connectivity index (χ1n) is 10.4. The molecule has 3 aromatic rings. The summed E-state index contributed by atoms with van der Waals surface area (Å²) in [6.45, 7) is 1.81. The van der Waals surface area contributed by atoms with E-state index in [9.17, 15) is 17.6 Å². The summed E-state index contributed by atoms with van der Waals surface area (Å²) in [5, 5.41) is 0.736. The SMILES string of the molecule is Cc1c(-c2cccc(S(=O)(=O)N(C)C)c2)c2cccc(C(=O)N(C)C)c2n1CC(F)=CCN.Cl. The van der Waals surface area contributed by atoms with Crippen LogP contribution in [0.1, 0.15) is 16.1 Å². The van der Waals surface area contributed by atoms with Crippen LogP contribution in [0.5, 0.6) is 0 Å². The predicted octanol–water partition coefficient (Wildman–Crippen LogP) is 3.80. The standard InChI is InChI=1S/C24H29FN4O3S.ClH/c1-16-22(17-8-6-9-19(14-17)33(31,32)28(4)5)20-10-7-11-21(24(30)27(2)3)23(20)29(16)15-18(25)12-13-26;/h6-12,14H,13,15,26H2,1-5H3;1H. The molecule has 0 aliphatic heterocycles. The van der Waals surface area contributed by atoms with Gasteiger partial charge in [0.05, 0.1) is 22.5 Å². The Hall–Kier alpha value is -2.72. The van der Waals surface area contributed by atoms with Gasteiger partial charge < -0.3 is 15.2 Å². The largest absolute Gasteiger partial charge is 0.345 e. The molecule has 34 heavy (non-hydrogen) atoms. The van der Waals surface area contributed by atoms with Crippen LogP contribution in [0.3, 0.4) is 0 Å². The minimum Gasteiger partial charge on any atom is -0.345 e. The van der Waals surface area contributed by atoms with Crippen molar-refractivity contribution in [2.45, 2.75) is 18.4 Å². The Labute approximate surface area is 206 Å². The molecule has 3 rings (SSSR count). The van der Waals surface area contributed by atoms with Crippen LogP contribution in [0.4, 0.5) is 4.39 Å². The highest BCUT2D eigenvalue weighted by atomic mass is 35.5. The molecule has 0 aliphatic carbocycles. The average Bonchev–Trinajstić information content (AvgIpc) is 3.04. The third-order valence-electron chi connectivity index (χ3n) is 5.53. The van der Waals surface area contributed by atoms with Gasteiger partial charge in [-0.1, -0.05) is 24.3 Å². The molecule has 2 N–H and O–H groups in total. The molecule has 0 saturated heterocycles. The average molecular weight is 509 g/mol. The summed E-state index contributed by atoms with van der Waals surface area (Å²) in [6.07, 6.45) is 1.30. The molecule has 1 heterocycles. The highest BCUT2D eigenvalue weighted by Crippen LogP contribution is 2.38. The van der Waals surface area contributed by atoms with Gasteiger partial charge in [0.1, 0.15) is 5.83 Å². The summed E-state index contributed by atoms with van der Waals surface area (Å²) in [7, 11) is 2.63. The summed E-state index contributed by atoms with van der Waals surface area (Å²) in [4.78, 5) is 14.6. The lowest BCUT2D eigenvalue weighted by molar-refractivity contribution is 0.0829. The molecule has 0 atom stereocenters. The number of sulfonamides is 1. The third-order valence-corrected chi connectivity index (χ3v) is 7.34. The van der Waals surface area contributed by atoms with E-state index in [1.807, 2.05) is 19.1 Å². The number of carbonyl (C=O) groups is 1. The van der Waals surface area contributed by atoms with Crippen molar-refractivity contribution in [2.75, 3.05) is 34.7 Å². The maximum Gasteiger partial charge on any atom is 0.255 e. The molecule has 0 unspecified atom stereocenters. The van der Waals surface area contributed by atoms with Crippen LogP contribution in [-0.2, 0) is 16.6 Å². The van der Waals surface area contributed by atoms with Crippen molar-refractivity contribution >= 4 is 39.2 Å². The summed E-state index contributed by atoms with van der Waals surface area (Å²) in [5.41, 5.74) is 8.63. The second-order valence-corrected chi connectivity index (χ2v) is 10.3. The molecule has 1 aromatic heterocycles. The normalized spacial score (nSPS) is 12.2. The van der Waals surface area contributed by atoms with Crippen molar-refractivity contribution < 1.29 is 17.6 Å². The molecular formula is C24H30ClFN4O3S. The molecule has 2 aromatic carbocycles. The summed E-state index contributed by atoms with van der Waals surface area (Å²) >= 11 is 0. The van der Waals surface area contributed by atoms with Gasteiger partial charge in [-0.05, 0) is 36.8 Å². The zero-order chi connectivity index (χ0) is 24.5. The first-order valence-corrected chi connectivity index (χ1v) is 11.9. The van der Waals surface area contributed by atoms with E-state index in [-0.39, 0.29) is 36.3 Å². The van der Waals surface area contributed by atoms with Gasteiger partial charge in [0, 0.05) is 51.4 Å². The maximum absolute atomic E-state index is 14.6. The van der Waals surface area contributed by atoms with Gasteiger partial charge in [0.2, 0.25) is 10.0 Å². The Morgan fingerprint density at radius 1 is 1.12 bits per heavy atom. The number of para-hydroxylation sites is 1. The highest BCUT2D eigenvalue weighted by Gasteiger charge is 2.24. The van der Waals surface area contributed by atoms with E-state index < -0.39 is 15.9 Å². The van der Waals surface area contributed by atoms with Crippen molar-refractivity contribution in [2.24, 2.45) is 5.73 Å². The van der Waals surface area contributed by atoms with Crippen molar-refractivity contribution in [1.82, 2.24) is 13.8 Å². The Morgan fingerprint density at radius 2 is 1.76 bits per heavy atom. The van der Waals surface area contributed by atoms with Gasteiger partial charge >= 0.3 is 0 Å². The topological polar surface area (TPSA) is 88.6 Å². The Morgan fingerprint density at radius 3 is 2.35 bits per heavy atom. The monoisotopic (exact) mass is 508 g/mol. The number of allylic oxidation sites excluding steroid dienone is 1. The number of benzene rings is 2. The molecule has 0 spiro atoms. The van der Waals surface area contributed by atoms with E-state index in [0.29, 0.717) is 22.3 Å². The van der Waals surface area contributed by atoms with Crippen LogP contribution >= 0.6 is 12.4 Å². The second-order valence-electron chi connectivity index (χ2n) is 8.15. The number of halogens is 2. The van der Waals surface area contributed by atoms with Crippen LogP contribution in [0.2, 0.25) is 0 Å². The zero-order valence-electron chi connectivity index (χ0n) is 19.9. The van der Waals surface area contributed by atoms with E-state index >= 15 is 0 Å². The van der Waals surface area contributed by atoms with Crippen molar-refractivity contribution in [3.05, 3.63) is 65.6 Å². The number of nitrogens with two attached hydrogens (primary N) is 1. The molecule has 0 aliphatic rings. The number of hydrogen-bond acceptors (Lipinski definition) is 4. The summed E-state index contributed by atoms with van der Waals surface area (Å²) in [5.74, 6) is -0.627. The smallest absolute Gasteiger partial charge is 0.255 e. The Balaban J connectivity index is 0.00000408. The maximum atomic E-state index is 14.6. The molecule has 0 bridgehead atoms. The lowest BCUT2D eigenvalue weighted by atomic mass is 10.0. The number of aromatic nitrogens is 1. The van der Waals surface area contributed by atoms with Crippen LogP contribution in [0, 0.1) is 6.92 Å². The molecule has 7 nitrogen and oxygen atoms in total. The van der Waals surface area contributed by atoms with Gasteiger partial charge in [-0.25, -0.2) is 17.1 Å². The van der Waals surface area contributed by atoms with Gasteiger partial charge in [0.15, 0.2) is 0 Å². The van der Waals surface area contributed by atoms with Crippen molar-refractivity contribution in [3.8, 4) is 11.1 Å². The van der Waals surface area contributed by atoms with E-state index in [0.717, 1.165) is 15.3 Å². The second kappa shape index (κ2) is 10.7. The molecular weight excluding hydrogens is 479 g/mol. The lowest BCUT2D eigenvalue weighted by Gasteiger charge is -2.14. The fraction of sp³-hybridized carbons (Fsp3) is 0.292. The van der Waals surface area contributed by atoms with Crippen molar-refractivity contribution in [3.63, 3.8) is 0 Å². The number of amides is 1. The molecule has 0 saturated carbocycles. The zero-order valence-corrected chi connectivity index (χ0v) is 21.5. The first-order chi connectivity index (χ1) is 15.5. The molecule has 184 valence electrons. The first kappa shape index (κ1) is 27.5. The van der Waals surface area contributed by atoms with Crippen LogP contribution in [0.15, 0.2) is 59.3 Å². The summed E-state index contributed by atoms with van der Waals surface area (Å²) < 4.78 is 42.9. The molecule has 1 amide bonds. The Bertz CT molecular complexity index is 1350. The molecule has 10 heteroatoms. The van der Waals surface area contributed by atoms with E-state index in [2.05, 4.69) is 0 Å². The van der Waals surface area contributed by atoms with E-state index in [1.54, 1.807) is 42.9 Å². The number of nitrogens with zero attached hydrogens (tertiary/aromatic N) is 3. The van der Waals surface area contributed by atoms with E-state index in [4.69, 9.17) is 5.73 Å². The molecule has 0 fully saturated rings. The fourth-order valence-electron chi connectivity index (χ4n) is 3.88. The quantitative estimate of drug-likeness (QED) is 0.525. The van der Waals surface area contributed by atoms with Gasteiger partial charge in [-0.15, -0.1) is 12.4 Å². The predicted molar refractivity (Wildman–Crippen MR) is 136 cm³/mol. The number of hydrogen-bond donors (Lipinski definition) is 1. The molecule has 0 radical (unpaired) electrons. The highest BCUT2D eigenvalue weighted by molar-refractivity contribution is 7.89. The van der Waals surface area contributed by atoms with Crippen LogP contribution < -0.4 is 5.73 Å². The van der Waals surface area contributed by atoms with Gasteiger partial charge in [0.25, 0.3) is 5.91 Å². The van der Waals surface area contributed by atoms with Crippen LogP contribution in [0.25, 0.3) is 22.0 Å². The van der Waals surface area contributed by atoms with Gasteiger partial charge in [-0.2, -0.15) is 0 Å². The summed E-state index contributed by atoms with van der Waals surface area (Å²) in [6, 6.07) is 12.0. The Kier molecular flexibility index (Phi) is 8.65. The van der Waals surface area contributed by atoms with E-state index in [1.165, 1.54) is 31.1 Å². The number of carbonyl (C=O) groups excluding carboxylic acids is 1. The fourth-order valence-corrected chi connectivity index (χ4v) is 4.82. The van der Waals surface area contributed by atoms with Gasteiger partial charge in [-0.3, -0.25) is 4.79 Å².